The molecule has 140 valence electrons. The van der Waals surface area contributed by atoms with Gasteiger partial charge in [-0.1, -0.05) is 30.8 Å². The number of methoxy groups -OCH3 is 1. The summed E-state index contributed by atoms with van der Waals surface area (Å²) in [5.74, 6) is 1.91. The molecular formula is C18H24N4O3S. The van der Waals surface area contributed by atoms with Crippen LogP contribution in [0.25, 0.3) is 11.4 Å². The first-order chi connectivity index (χ1) is 12.6. The van der Waals surface area contributed by atoms with Crippen molar-refractivity contribution in [2.45, 2.75) is 24.6 Å². The zero-order chi connectivity index (χ0) is 18.5. The molecule has 0 spiro atoms. The zero-order valence-electron chi connectivity index (χ0n) is 15.3. The molecule has 1 aromatic heterocycles. The van der Waals surface area contributed by atoms with E-state index in [0.717, 1.165) is 23.6 Å². The van der Waals surface area contributed by atoms with Crippen molar-refractivity contribution >= 4 is 17.7 Å². The standard InChI is InChI=1S/C18H24N4O3S/c1-4-13-11-22(9-10-25-13)16(23)12-26-18-20-19-17(21(18)2)14-7-5-6-8-15(14)24-3/h5-8,13H,4,9-12H2,1-3H3. The minimum Gasteiger partial charge on any atom is -0.496 e. The third-order valence-corrected chi connectivity index (χ3v) is 5.46. The first-order valence-corrected chi connectivity index (χ1v) is 9.67. The molecule has 1 unspecified atom stereocenters. The number of rotatable bonds is 6. The average molecular weight is 376 g/mol. The van der Waals surface area contributed by atoms with E-state index in [9.17, 15) is 4.79 Å². The number of hydrogen-bond donors (Lipinski definition) is 0. The first kappa shape index (κ1) is 18.7. The molecule has 1 atom stereocenters. The van der Waals surface area contributed by atoms with Crippen molar-refractivity contribution in [3.63, 3.8) is 0 Å². The van der Waals surface area contributed by atoms with Crippen LogP contribution in [0.4, 0.5) is 0 Å². The van der Waals surface area contributed by atoms with Gasteiger partial charge in [0.1, 0.15) is 5.75 Å². The molecule has 0 radical (unpaired) electrons. The number of nitrogens with zero attached hydrogens (tertiary/aromatic N) is 4. The molecular weight excluding hydrogens is 352 g/mol. The Bertz CT molecular complexity index is 765. The van der Waals surface area contributed by atoms with E-state index >= 15 is 0 Å². The summed E-state index contributed by atoms with van der Waals surface area (Å²) >= 11 is 1.40. The lowest BCUT2D eigenvalue weighted by Gasteiger charge is -2.32. The van der Waals surface area contributed by atoms with Gasteiger partial charge in [-0.3, -0.25) is 4.79 Å². The van der Waals surface area contributed by atoms with Gasteiger partial charge in [0.15, 0.2) is 11.0 Å². The van der Waals surface area contributed by atoms with E-state index in [1.165, 1.54) is 11.8 Å². The van der Waals surface area contributed by atoms with E-state index in [4.69, 9.17) is 9.47 Å². The summed E-state index contributed by atoms with van der Waals surface area (Å²) < 4.78 is 12.9. The second-order valence-corrected chi connectivity index (χ2v) is 7.04. The zero-order valence-corrected chi connectivity index (χ0v) is 16.2. The van der Waals surface area contributed by atoms with E-state index in [1.54, 1.807) is 7.11 Å². The number of para-hydroxylation sites is 1. The minimum absolute atomic E-state index is 0.110. The van der Waals surface area contributed by atoms with Gasteiger partial charge in [0.2, 0.25) is 5.91 Å². The maximum atomic E-state index is 12.5. The molecule has 0 bridgehead atoms. The number of hydrogen-bond acceptors (Lipinski definition) is 6. The number of benzene rings is 1. The van der Waals surface area contributed by atoms with Crippen molar-refractivity contribution in [1.82, 2.24) is 19.7 Å². The van der Waals surface area contributed by atoms with Gasteiger partial charge in [0.05, 0.1) is 31.1 Å². The van der Waals surface area contributed by atoms with Gasteiger partial charge in [-0.25, -0.2) is 0 Å². The molecule has 1 aliphatic rings. The van der Waals surface area contributed by atoms with E-state index in [0.29, 0.717) is 30.6 Å². The lowest BCUT2D eigenvalue weighted by atomic mass is 10.2. The van der Waals surface area contributed by atoms with Crippen LogP contribution >= 0.6 is 11.8 Å². The summed E-state index contributed by atoms with van der Waals surface area (Å²) in [4.78, 5) is 14.4. The third kappa shape index (κ3) is 4.02. The van der Waals surface area contributed by atoms with Gasteiger partial charge < -0.3 is 18.9 Å². The van der Waals surface area contributed by atoms with Crippen LogP contribution in [0.15, 0.2) is 29.4 Å². The Labute approximate surface area is 157 Å². The number of aromatic nitrogens is 3. The van der Waals surface area contributed by atoms with Crippen molar-refractivity contribution in [1.29, 1.82) is 0 Å². The topological polar surface area (TPSA) is 69.5 Å². The Balaban J connectivity index is 1.66. The molecule has 1 saturated heterocycles. The van der Waals surface area contributed by atoms with Gasteiger partial charge in [0.25, 0.3) is 0 Å². The molecule has 1 aromatic carbocycles. The molecule has 0 saturated carbocycles. The molecule has 26 heavy (non-hydrogen) atoms. The summed E-state index contributed by atoms with van der Waals surface area (Å²) in [5, 5.41) is 9.23. The van der Waals surface area contributed by atoms with Crippen molar-refractivity contribution < 1.29 is 14.3 Å². The van der Waals surface area contributed by atoms with Crippen LogP contribution in [0.5, 0.6) is 5.75 Å². The molecule has 1 fully saturated rings. The fourth-order valence-corrected chi connectivity index (χ4v) is 3.73. The Hall–Kier alpha value is -2.06. The van der Waals surface area contributed by atoms with Gasteiger partial charge in [-0.05, 0) is 18.6 Å². The molecule has 1 amide bonds. The fraction of sp³-hybridized carbons (Fsp3) is 0.500. The summed E-state index contributed by atoms with van der Waals surface area (Å²) in [6.45, 7) is 4.01. The maximum Gasteiger partial charge on any atom is 0.233 e. The van der Waals surface area contributed by atoms with E-state index in [1.807, 2.05) is 40.8 Å². The van der Waals surface area contributed by atoms with Crippen LogP contribution in [0, 0.1) is 0 Å². The Morgan fingerprint density at radius 2 is 2.19 bits per heavy atom. The maximum absolute atomic E-state index is 12.5. The molecule has 2 heterocycles. The second kappa shape index (κ2) is 8.55. The lowest BCUT2D eigenvalue weighted by Crippen LogP contribution is -2.46. The van der Waals surface area contributed by atoms with Crippen LogP contribution in [-0.2, 0) is 16.6 Å². The number of carbonyl (C=O) groups excluding carboxylic acids is 1. The molecule has 8 heteroatoms. The van der Waals surface area contributed by atoms with Crippen molar-refractivity contribution in [3.05, 3.63) is 24.3 Å². The molecule has 7 nitrogen and oxygen atoms in total. The highest BCUT2D eigenvalue weighted by Crippen LogP contribution is 2.30. The minimum atomic E-state index is 0.110. The SMILES string of the molecule is CCC1CN(C(=O)CSc2nnc(-c3ccccc3OC)n2C)CCO1. The number of morpholine rings is 1. The van der Waals surface area contributed by atoms with Crippen LogP contribution in [0.3, 0.4) is 0 Å². The van der Waals surface area contributed by atoms with Gasteiger partial charge >= 0.3 is 0 Å². The second-order valence-electron chi connectivity index (χ2n) is 6.09. The Morgan fingerprint density at radius 3 is 2.96 bits per heavy atom. The molecule has 3 rings (SSSR count). The molecule has 0 aliphatic carbocycles. The summed E-state index contributed by atoms with van der Waals surface area (Å²) in [5.41, 5.74) is 0.877. The van der Waals surface area contributed by atoms with Crippen molar-refractivity contribution in [2.24, 2.45) is 7.05 Å². The summed E-state index contributed by atoms with van der Waals surface area (Å²) in [6.07, 6.45) is 1.06. The highest BCUT2D eigenvalue weighted by molar-refractivity contribution is 7.99. The number of ether oxygens (including phenoxy) is 2. The van der Waals surface area contributed by atoms with E-state index in [2.05, 4.69) is 17.1 Å². The normalized spacial score (nSPS) is 17.3. The Morgan fingerprint density at radius 1 is 1.38 bits per heavy atom. The summed E-state index contributed by atoms with van der Waals surface area (Å²) in [6, 6.07) is 7.69. The van der Waals surface area contributed by atoms with Gasteiger partial charge in [-0.2, -0.15) is 0 Å². The highest BCUT2D eigenvalue weighted by Gasteiger charge is 2.24. The average Bonchev–Trinajstić information content (AvgIpc) is 3.06. The molecule has 1 aliphatic heterocycles. The number of amides is 1. The van der Waals surface area contributed by atoms with E-state index < -0.39 is 0 Å². The van der Waals surface area contributed by atoms with Crippen LogP contribution in [0.1, 0.15) is 13.3 Å². The number of carbonyl (C=O) groups is 1. The van der Waals surface area contributed by atoms with Gasteiger partial charge in [0, 0.05) is 20.1 Å². The van der Waals surface area contributed by atoms with Crippen LogP contribution < -0.4 is 4.74 Å². The van der Waals surface area contributed by atoms with Crippen molar-refractivity contribution in [3.8, 4) is 17.1 Å². The fourth-order valence-electron chi connectivity index (χ4n) is 2.91. The largest absolute Gasteiger partial charge is 0.496 e. The quantitative estimate of drug-likeness (QED) is 0.720. The monoisotopic (exact) mass is 376 g/mol. The van der Waals surface area contributed by atoms with Crippen LogP contribution in [-0.4, -0.2) is 64.2 Å². The highest BCUT2D eigenvalue weighted by atomic mass is 32.2. The first-order valence-electron chi connectivity index (χ1n) is 8.69. The molecule has 2 aromatic rings. The van der Waals surface area contributed by atoms with Crippen LogP contribution in [0.2, 0.25) is 0 Å². The lowest BCUT2D eigenvalue weighted by molar-refractivity contribution is -0.135. The smallest absolute Gasteiger partial charge is 0.233 e. The predicted octanol–water partition coefficient (Wildman–Crippen LogP) is 2.22. The summed E-state index contributed by atoms with van der Waals surface area (Å²) in [7, 11) is 3.53. The third-order valence-electron chi connectivity index (χ3n) is 4.45. The Kier molecular flexibility index (Phi) is 6.16. The predicted molar refractivity (Wildman–Crippen MR) is 100 cm³/mol. The number of thioether (sulfide) groups is 1. The van der Waals surface area contributed by atoms with Crippen molar-refractivity contribution in [2.75, 3.05) is 32.6 Å². The molecule has 0 N–H and O–H groups in total. The van der Waals surface area contributed by atoms with Gasteiger partial charge in [-0.15, -0.1) is 10.2 Å². The van der Waals surface area contributed by atoms with E-state index in [-0.39, 0.29) is 12.0 Å².